The maximum Gasteiger partial charge on any atom is 0.227 e. The van der Waals surface area contributed by atoms with Gasteiger partial charge in [-0.25, -0.2) is 4.98 Å². The summed E-state index contributed by atoms with van der Waals surface area (Å²) in [6.07, 6.45) is 1.92. The van der Waals surface area contributed by atoms with Gasteiger partial charge in [0.15, 0.2) is 0 Å². The second-order valence-electron chi connectivity index (χ2n) is 6.89. The molecule has 3 heteroatoms. The van der Waals surface area contributed by atoms with E-state index in [0.29, 0.717) is 5.71 Å². The van der Waals surface area contributed by atoms with Crippen molar-refractivity contribution in [3.63, 3.8) is 0 Å². The molecule has 0 unspecified atom stereocenters. The van der Waals surface area contributed by atoms with Crippen LogP contribution in [-0.2, 0) is 0 Å². The van der Waals surface area contributed by atoms with Crippen molar-refractivity contribution < 1.29 is 4.42 Å². The van der Waals surface area contributed by atoms with E-state index in [4.69, 9.17) is 9.40 Å². The summed E-state index contributed by atoms with van der Waals surface area (Å²) >= 11 is 0. The molecule has 0 fully saturated rings. The lowest BCUT2D eigenvalue weighted by atomic mass is 10.0. The Hall–Kier alpha value is -3.46. The fourth-order valence-corrected chi connectivity index (χ4v) is 3.52. The minimum absolute atomic E-state index is 0.675. The highest BCUT2D eigenvalue weighted by Gasteiger charge is 2.13. The van der Waals surface area contributed by atoms with Crippen LogP contribution in [0.25, 0.3) is 44.5 Å². The van der Waals surface area contributed by atoms with Gasteiger partial charge < -0.3 is 4.42 Å². The number of para-hydroxylation sites is 1. The van der Waals surface area contributed by atoms with Gasteiger partial charge in [0.2, 0.25) is 5.71 Å². The molecule has 27 heavy (non-hydrogen) atoms. The Kier molecular flexibility index (Phi) is 3.54. The average molecular weight is 350 g/mol. The third-order valence-electron chi connectivity index (χ3n) is 4.89. The number of benzene rings is 2. The smallest absolute Gasteiger partial charge is 0.227 e. The van der Waals surface area contributed by atoms with Crippen LogP contribution in [0.3, 0.4) is 0 Å². The van der Waals surface area contributed by atoms with Gasteiger partial charge in [-0.05, 0) is 43.7 Å². The van der Waals surface area contributed by atoms with Gasteiger partial charge in [-0.2, -0.15) is 0 Å². The van der Waals surface area contributed by atoms with Crippen LogP contribution in [0, 0.1) is 13.8 Å². The van der Waals surface area contributed by atoms with E-state index in [9.17, 15) is 0 Å². The number of hydrogen-bond acceptors (Lipinski definition) is 3. The van der Waals surface area contributed by atoms with Crippen molar-refractivity contribution in [1.82, 2.24) is 9.97 Å². The highest BCUT2D eigenvalue weighted by molar-refractivity contribution is 6.08. The van der Waals surface area contributed by atoms with Crippen LogP contribution in [0.15, 0.2) is 77.3 Å². The molecule has 0 spiro atoms. The SMILES string of the molecule is Cc1cccc(-c2ccc(-c3cccc4c3oc3nc(C)ccc34)nc2)c1. The van der Waals surface area contributed by atoms with Crippen molar-refractivity contribution >= 4 is 22.1 Å². The number of hydrogen-bond donors (Lipinski definition) is 0. The van der Waals surface area contributed by atoms with E-state index < -0.39 is 0 Å². The van der Waals surface area contributed by atoms with Crippen LogP contribution in [0.1, 0.15) is 11.3 Å². The lowest BCUT2D eigenvalue weighted by molar-refractivity contribution is 0.653. The average Bonchev–Trinajstić information content (AvgIpc) is 3.05. The van der Waals surface area contributed by atoms with E-state index >= 15 is 0 Å². The fraction of sp³-hybridized carbons (Fsp3) is 0.0833. The van der Waals surface area contributed by atoms with Gasteiger partial charge >= 0.3 is 0 Å². The molecular formula is C24H18N2O. The van der Waals surface area contributed by atoms with Crippen molar-refractivity contribution in [2.45, 2.75) is 13.8 Å². The van der Waals surface area contributed by atoms with E-state index in [2.05, 4.69) is 60.4 Å². The van der Waals surface area contributed by atoms with E-state index in [1.165, 1.54) is 11.1 Å². The lowest BCUT2D eigenvalue weighted by Gasteiger charge is -2.05. The molecule has 0 radical (unpaired) electrons. The molecule has 0 aliphatic heterocycles. The predicted molar refractivity (Wildman–Crippen MR) is 110 cm³/mol. The lowest BCUT2D eigenvalue weighted by Crippen LogP contribution is -1.86. The number of nitrogens with zero attached hydrogens (tertiary/aromatic N) is 2. The molecule has 3 heterocycles. The summed E-state index contributed by atoms with van der Waals surface area (Å²) in [6, 6.07) is 22.9. The molecule has 0 amide bonds. The molecular weight excluding hydrogens is 332 g/mol. The van der Waals surface area contributed by atoms with Crippen LogP contribution in [0.5, 0.6) is 0 Å². The second kappa shape index (κ2) is 6.06. The molecule has 5 aromatic rings. The van der Waals surface area contributed by atoms with Crippen LogP contribution in [0.4, 0.5) is 0 Å². The summed E-state index contributed by atoms with van der Waals surface area (Å²) in [6.45, 7) is 4.07. The monoisotopic (exact) mass is 350 g/mol. The molecule has 0 saturated heterocycles. The Bertz CT molecular complexity index is 1280. The minimum atomic E-state index is 0.675. The largest absolute Gasteiger partial charge is 0.437 e. The summed E-state index contributed by atoms with van der Waals surface area (Å²) in [4.78, 5) is 9.24. The van der Waals surface area contributed by atoms with Gasteiger partial charge in [0.25, 0.3) is 0 Å². The van der Waals surface area contributed by atoms with Crippen LogP contribution in [0.2, 0.25) is 0 Å². The first-order valence-corrected chi connectivity index (χ1v) is 9.01. The third-order valence-corrected chi connectivity index (χ3v) is 4.89. The van der Waals surface area contributed by atoms with E-state index in [1.807, 2.05) is 31.3 Å². The topological polar surface area (TPSA) is 38.9 Å². The normalized spacial score (nSPS) is 11.3. The van der Waals surface area contributed by atoms with Crippen molar-refractivity contribution in [2.24, 2.45) is 0 Å². The van der Waals surface area contributed by atoms with Crippen LogP contribution in [-0.4, -0.2) is 9.97 Å². The number of furan rings is 1. The van der Waals surface area contributed by atoms with Crippen LogP contribution >= 0.6 is 0 Å². The summed E-state index contributed by atoms with van der Waals surface area (Å²) in [5, 5.41) is 2.10. The number of pyridine rings is 2. The Morgan fingerprint density at radius 1 is 0.778 bits per heavy atom. The first-order valence-electron chi connectivity index (χ1n) is 9.01. The summed E-state index contributed by atoms with van der Waals surface area (Å²) in [5.74, 6) is 0. The van der Waals surface area contributed by atoms with Crippen molar-refractivity contribution in [3.05, 3.63) is 84.2 Å². The standard InChI is InChI=1S/C24H18N2O/c1-15-5-3-6-17(13-15)18-10-12-22(25-14-18)21-8-4-7-19-20-11-9-16(2)26-24(20)27-23(19)21/h3-14H,1-2H3. The Morgan fingerprint density at radius 2 is 1.67 bits per heavy atom. The number of rotatable bonds is 2. The van der Waals surface area contributed by atoms with Gasteiger partial charge in [-0.3, -0.25) is 4.98 Å². The summed E-state index contributed by atoms with van der Waals surface area (Å²) < 4.78 is 6.10. The Balaban J connectivity index is 1.64. The Labute approximate surface area is 157 Å². The summed E-state index contributed by atoms with van der Waals surface area (Å²) in [7, 11) is 0. The number of aromatic nitrogens is 2. The minimum Gasteiger partial charge on any atom is -0.437 e. The maximum absolute atomic E-state index is 6.10. The highest BCUT2D eigenvalue weighted by Crippen LogP contribution is 2.34. The third kappa shape index (κ3) is 2.68. The van der Waals surface area contributed by atoms with Crippen LogP contribution < -0.4 is 0 Å². The molecule has 0 atom stereocenters. The van der Waals surface area contributed by atoms with Gasteiger partial charge in [-0.15, -0.1) is 0 Å². The molecule has 2 aromatic carbocycles. The molecule has 0 aliphatic rings. The number of fused-ring (bicyclic) bond motifs is 3. The molecule has 0 saturated carbocycles. The molecule has 3 aromatic heterocycles. The van der Waals surface area contributed by atoms with Gasteiger partial charge in [0, 0.05) is 33.8 Å². The Morgan fingerprint density at radius 3 is 2.48 bits per heavy atom. The first-order chi connectivity index (χ1) is 13.2. The zero-order valence-corrected chi connectivity index (χ0v) is 15.2. The quantitative estimate of drug-likeness (QED) is 0.373. The van der Waals surface area contributed by atoms with Gasteiger partial charge in [-0.1, -0.05) is 48.0 Å². The van der Waals surface area contributed by atoms with Crippen molar-refractivity contribution in [2.75, 3.05) is 0 Å². The van der Waals surface area contributed by atoms with E-state index in [-0.39, 0.29) is 0 Å². The summed E-state index contributed by atoms with van der Waals surface area (Å²) in [5.41, 5.74) is 7.87. The fourth-order valence-electron chi connectivity index (χ4n) is 3.52. The zero-order valence-electron chi connectivity index (χ0n) is 15.2. The van der Waals surface area contributed by atoms with Gasteiger partial charge in [0.05, 0.1) is 5.69 Å². The molecule has 130 valence electrons. The number of aryl methyl sites for hydroxylation is 2. The molecule has 3 nitrogen and oxygen atoms in total. The van der Waals surface area contributed by atoms with E-state index in [0.717, 1.165) is 38.9 Å². The van der Waals surface area contributed by atoms with E-state index in [1.54, 1.807) is 0 Å². The second-order valence-corrected chi connectivity index (χ2v) is 6.89. The molecule has 0 N–H and O–H groups in total. The first kappa shape index (κ1) is 15.8. The zero-order chi connectivity index (χ0) is 18.4. The molecule has 0 aliphatic carbocycles. The maximum atomic E-state index is 6.10. The van der Waals surface area contributed by atoms with Crippen molar-refractivity contribution in [3.8, 4) is 22.4 Å². The highest BCUT2D eigenvalue weighted by atomic mass is 16.3. The predicted octanol–water partition coefficient (Wildman–Crippen LogP) is 6.33. The van der Waals surface area contributed by atoms with Crippen molar-refractivity contribution in [1.29, 1.82) is 0 Å². The molecule has 5 rings (SSSR count). The molecule has 0 bridgehead atoms. The van der Waals surface area contributed by atoms with Gasteiger partial charge in [0.1, 0.15) is 5.58 Å².